The van der Waals surface area contributed by atoms with Crippen molar-refractivity contribution < 1.29 is 57.0 Å². The van der Waals surface area contributed by atoms with E-state index in [0.717, 1.165) is 5.56 Å². The molecule has 214 valence electrons. The van der Waals surface area contributed by atoms with Gasteiger partial charge in [-0.2, -0.15) is 0 Å². The lowest BCUT2D eigenvalue weighted by Gasteiger charge is -2.48. The molecule has 0 bridgehead atoms. The van der Waals surface area contributed by atoms with Crippen LogP contribution in [0, 0.1) is 0 Å². The van der Waals surface area contributed by atoms with Gasteiger partial charge in [-0.05, 0) is 0 Å². The van der Waals surface area contributed by atoms with Crippen LogP contribution in [0.1, 0.15) is 23.7 Å². The number of esters is 2. The van der Waals surface area contributed by atoms with E-state index in [9.17, 15) is 9.59 Å². The molecule has 4 aliphatic rings. The lowest BCUT2D eigenvalue weighted by atomic mass is 9.97. The number of carbonyl (C=O) groups excluding carboxylic acids is 2. The van der Waals surface area contributed by atoms with Crippen molar-refractivity contribution in [3.63, 3.8) is 0 Å². The number of methoxy groups -OCH3 is 2. The molecule has 2 aromatic rings. The third-order valence-corrected chi connectivity index (χ3v) is 7.12. The molecule has 0 unspecified atom stereocenters. The molecule has 0 aliphatic carbocycles. The van der Waals surface area contributed by atoms with Gasteiger partial charge in [-0.15, -0.1) is 0 Å². The first-order chi connectivity index (χ1) is 19.6. The van der Waals surface area contributed by atoms with Crippen LogP contribution in [0.4, 0.5) is 0 Å². The van der Waals surface area contributed by atoms with Crippen molar-refractivity contribution >= 4 is 11.9 Å². The van der Waals surface area contributed by atoms with Gasteiger partial charge < -0.3 is 47.4 Å². The standard InChI is InChI=1S/C28H30O12/c1-31-27-22-21(19-17(35-27)13-33-25(39-19)15-9-5-3-6-10-15)37-24(30)28(32-2)36-18-14-34-26(16-11-7-4-8-12-16)40-20(18)23(29)38-22/h3-12,17-22,25-28H,13-14H2,1-2H3/t17-,18-,19-,20-,21+,22-,25+,26+,27-,28-/m0/s1. The van der Waals surface area contributed by atoms with Gasteiger partial charge in [0.2, 0.25) is 0 Å². The fraction of sp³-hybridized carbons (Fsp3) is 0.500. The van der Waals surface area contributed by atoms with Crippen molar-refractivity contribution in [2.75, 3.05) is 27.4 Å². The number of hydrogen-bond acceptors (Lipinski definition) is 12. The van der Waals surface area contributed by atoms with E-state index >= 15 is 0 Å². The molecular formula is C28H30O12. The van der Waals surface area contributed by atoms with Crippen molar-refractivity contribution in [2.45, 2.75) is 61.8 Å². The van der Waals surface area contributed by atoms with E-state index in [1.165, 1.54) is 14.2 Å². The third-order valence-electron chi connectivity index (χ3n) is 7.12. The summed E-state index contributed by atoms with van der Waals surface area (Å²) in [7, 11) is 2.69. The second kappa shape index (κ2) is 11.9. The van der Waals surface area contributed by atoms with Crippen molar-refractivity contribution in [2.24, 2.45) is 0 Å². The van der Waals surface area contributed by atoms with E-state index in [4.69, 9.17) is 47.4 Å². The summed E-state index contributed by atoms with van der Waals surface area (Å²) >= 11 is 0. The maximum atomic E-state index is 13.6. The Hall–Kier alpha value is -2.94. The van der Waals surface area contributed by atoms with E-state index in [1.807, 2.05) is 60.7 Å². The summed E-state index contributed by atoms with van der Waals surface area (Å²) in [5.74, 6) is -1.62. The summed E-state index contributed by atoms with van der Waals surface area (Å²) in [6, 6.07) is 18.4. The van der Waals surface area contributed by atoms with Crippen LogP contribution in [0.15, 0.2) is 60.7 Å². The Morgan fingerprint density at radius 3 is 1.85 bits per heavy atom. The van der Waals surface area contributed by atoms with Crippen LogP contribution in [-0.2, 0) is 57.0 Å². The van der Waals surface area contributed by atoms with Gasteiger partial charge in [-0.3, -0.25) is 0 Å². The van der Waals surface area contributed by atoms with E-state index in [1.54, 1.807) is 0 Å². The van der Waals surface area contributed by atoms with Crippen LogP contribution in [0.3, 0.4) is 0 Å². The summed E-state index contributed by atoms with van der Waals surface area (Å²) in [5.41, 5.74) is 1.46. The highest BCUT2D eigenvalue weighted by Gasteiger charge is 2.56. The SMILES string of the molecule is CO[C@H]1O[C@H]2CO[C@@H](c3ccccc3)O[C@@H]2C(=O)O[C@@H]2[C@@H](OC)O[C@H]3CO[C@@H](c4ccccc4)O[C@@H]3[C@H]2OC1=O. The summed E-state index contributed by atoms with van der Waals surface area (Å²) in [6.07, 6.45) is -10.4. The van der Waals surface area contributed by atoms with Crippen molar-refractivity contribution in [1.82, 2.24) is 0 Å². The Morgan fingerprint density at radius 2 is 1.23 bits per heavy atom. The number of ether oxygens (including phenoxy) is 10. The molecule has 6 rings (SSSR count). The molecule has 0 radical (unpaired) electrons. The van der Waals surface area contributed by atoms with E-state index in [-0.39, 0.29) is 13.2 Å². The maximum Gasteiger partial charge on any atom is 0.364 e. The Balaban J connectivity index is 1.30. The minimum Gasteiger partial charge on any atom is -0.452 e. The summed E-state index contributed by atoms with van der Waals surface area (Å²) < 4.78 is 58.4. The number of carbonyl (C=O) groups is 2. The fourth-order valence-electron chi connectivity index (χ4n) is 5.16. The zero-order chi connectivity index (χ0) is 27.6. The summed E-state index contributed by atoms with van der Waals surface area (Å²) in [5, 5.41) is 0. The lowest BCUT2D eigenvalue weighted by Crippen LogP contribution is -2.66. The number of hydrogen-bond donors (Lipinski definition) is 0. The second-order valence-electron chi connectivity index (χ2n) is 9.63. The first-order valence-corrected chi connectivity index (χ1v) is 13.0. The average molecular weight is 559 g/mol. The molecule has 0 N–H and O–H groups in total. The highest BCUT2D eigenvalue weighted by atomic mass is 16.8. The van der Waals surface area contributed by atoms with Gasteiger partial charge in [0, 0.05) is 25.3 Å². The molecule has 4 saturated heterocycles. The molecule has 0 saturated carbocycles. The molecule has 12 heteroatoms. The van der Waals surface area contributed by atoms with Crippen molar-refractivity contribution in [3.8, 4) is 0 Å². The second-order valence-corrected chi connectivity index (χ2v) is 9.63. The summed E-state index contributed by atoms with van der Waals surface area (Å²) in [6.45, 7) is 0.0432. The topological polar surface area (TPSA) is 126 Å². The van der Waals surface area contributed by atoms with Gasteiger partial charge in [0.1, 0.15) is 18.3 Å². The molecule has 2 aromatic carbocycles. The quantitative estimate of drug-likeness (QED) is 0.508. The number of fused-ring (bicyclic) bond motifs is 4. The molecule has 4 fully saturated rings. The first-order valence-electron chi connectivity index (χ1n) is 13.0. The van der Waals surface area contributed by atoms with Gasteiger partial charge in [-0.25, -0.2) is 9.59 Å². The molecule has 12 nitrogen and oxygen atoms in total. The molecule has 0 aromatic heterocycles. The summed E-state index contributed by atoms with van der Waals surface area (Å²) in [4.78, 5) is 27.0. The van der Waals surface area contributed by atoms with Crippen LogP contribution < -0.4 is 0 Å². The normalized spacial score (nSPS) is 38.1. The van der Waals surface area contributed by atoms with Gasteiger partial charge in [0.25, 0.3) is 6.29 Å². The zero-order valence-electron chi connectivity index (χ0n) is 21.9. The number of benzene rings is 2. The Kier molecular flexibility index (Phi) is 8.10. The van der Waals surface area contributed by atoms with E-state index in [2.05, 4.69) is 0 Å². The van der Waals surface area contributed by atoms with Crippen LogP contribution in [-0.4, -0.2) is 88.6 Å². The van der Waals surface area contributed by atoms with Gasteiger partial charge in [0.15, 0.2) is 37.2 Å². The highest BCUT2D eigenvalue weighted by molar-refractivity contribution is 5.77. The Labute approximate surface area is 230 Å². The largest absolute Gasteiger partial charge is 0.452 e. The van der Waals surface area contributed by atoms with Gasteiger partial charge >= 0.3 is 11.9 Å². The monoisotopic (exact) mass is 558 g/mol. The molecule has 0 amide bonds. The Bertz CT molecular complexity index is 1160. The average Bonchev–Trinajstić information content (AvgIpc) is 3.01. The molecule has 10 atom stereocenters. The van der Waals surface area contributed by atoms with Gasteiger partial charge in [-0.1, -0.05) is 60.7 Å². The molecule has 40 heavy (non-hydrogen) atoms. The smallest absolute Gasteiger partial charge is 0.364 e. The third kappa shape index (κ3) is 5.37. The molecule has 4 heterocycles. The van der Waals surface area contributed by atoms with Crippen molar-refractivity contribution in [3.05, 3.63) is 71.8 Å². The lowest BCUT2D eigenvalue weighted by molar-refractivity contribution is -0.366. The predicted molar refractivity (Wildman–Crippen MR) is 131 cm³/mol. The Morgan fingerprint density at radius 1 is 0.625 bits per heavy atom. The van der Waals surface area contributed by atoms with Gasteiger partial charge in [0.05, 0.1) is 13.2 Å². The molecule has 4 aliphatic heterocycles. The highest BCUT2D eigenvalue weighted by Crippen LogP contribution is 2.38. The van der Waals surface area contributed by atoms with Crippen molar-refractivity contribution in [1.29, 1.82) is 0 Å². The zero-order valence-corrected chi connectivity index (χ0v) is 21.9. The van der Waals surface area contributed by atoms with E-state index < -0.39 is 73.7 Å². The van der Waals surface area contributed by atoms with Crippen LogP contribution in [0.25, 0.3) is 0 Å². The molecular weight excluding hydrogens is 528 g/mol. The molecule has 0 spiro atoms. The first kappa shape index (κ1) is 27.2. The maximum absolute atomic E-state index is 13.6. The fourth-order valence-corrected chi connectivity index (χ4v) is 5.16. The number of rotatable bonds is 4. The predicted octanol–water partition coefficient (Wildman–Crippen LogP) is 1.78. The minimum atomic E-state index is -1.48. The van der Waals surface area contributed by atoms with Crippen LogP contribution in [0.5, 0.6) is 0 Å². The van der Waals surface area contributed by atoms with Crippen LogP contribution in [0.2, 0.25) is 0 Å². The van der Waals surface area contributed by atoms with Crippen LogP contribution >= 0.6 is 0 Å². The minimum absolute atomic E-state index is 0.0747. The van der Waals surface area contributed by atoms with E-state index in [0.29, 0.717) is 5.56 Å².